The number of aryl methyl sites for hydroxylation is 1. The molecule has 2 heterocycles. The summed E-state index contributed by atoms with van der Waals surface area (Å²) in [6, 6.07) is 25.4. The van der Waals surface area contributed by atoms with E-state index in [4.69, 9.17) is 0 Å². The molecule has 0 amide bonds. The summed E-state index contributed by atoms with van der Waals surface area (Å²) in [5, 5.41) is 6.91. The Labute approximate surface area is 195 Å². The highest BCUT2D eigenvalue weighted by Gasteiger charge is 2.13. The number of guanidine groups is 1. The van der Waals surface area contributed by atoms with Gasteiger partial charge in [-0.2, -0.15) is 0 Å². The Kier molecular flexibility index (Phi) is 7.48. The molecule has 0 saturated heterocycles. The fourth-order valence-electron chi connectivity index (χ4n) is 3.84. The molecule has 0 aliphatic carbocycles. The summed E-state index contributed by atoms with van der Waals surface area (Å²) in [5.74, 6) is 2.90. The van der Waals surface area contributed by atoms with E-state index in [0.717, 1.165) is 36.1 Å². The van der Waals surface area contributed by atoms with E-state index >= 15 is 0 Å². The summed E-state index contributed by atoms with van der Waals surface area (Å²) >= 11 is 0. The molecule has 0 bridgehead atoms. The third-order valence-electron chi connectivity index (χ3n) is 5.68. The monoisotopic (exact) mass is 438 g/mol. The van der Waals surface area contributed by atoms with Gasteiger partial charge in [-0.15, -0.1) is 0 Å². The molecule has 4 aromatic rings. The number of imidazole rings is 1. The molecule has 2 aromatic carbocycles. The van der Waals surface area contributed by atoms with Gasteiger partial charge in [0, 0.05) is 44.6 Å². The SMILES string of the molecule is CN=C(NCc1ccc(-n2ccnc2C)nc1)NCC(Cc1ccccc1)c1ccccc1. The lowest BCUT2D eigenvalue weighted by atomic mass is 9.92. The number of nitrogens with one attached hydrogen (secondary N) is 2. The first kappa shape index (κ1) is 22.3. The van der Waals surface area contributed by atoms with Crippen molar-refractivity contribution in [2.75, 3.05) is 13.6 Å². The minimum atomic E-state index is 0.339. The lowest BCUT2D eigenvalue weighted by Gasteiger charge is -2.20. The van der Waals surface area contributed by atoms with Crippen LogP contribution < -0.4 is 10.6 Å². The Bertz CT molecular complexity index is 1150. The first-order valence-corrected chi connectivity index (χ1v) is 11.2. The second-order valence-corrected chi connectivity index (χ2v) is 7.97. The molecule has 1 atom stereocenters. The van der Waals surface area contributed by atoms with E-state index in [1.807, 2.05) is 30.0 Å². The van der Waals surface area contributed by atoms with Gasteiger partial charge in [0.05, 0.1) is 0 Å². The predicted molar refractivity (Wildman–Crippen MR) is 134 cm³/mol. The highest BCUT2D eigenvalue weighted by atomic mass is 15.2. The zero-order chi connectivity index (χ0) is 22.9. The van der Waals surface area contributed by atoms with E-state index in [-0.39, 0.29) is 0 Å². The molecule has 2 N–H and O–H groups in total. The molecule has 0 saturated carbocycles. The fraction of sp³-hybridized carbons (Fsp3) is 0.222. The zero-order valence-electron chi connectivity index (χ0n) is 19.1. The van der Waals surface area contributed by atoms with Crippen LogP contribution in [0.2, 0.25) is 0 Å². The molecule has 168 valence electrons. The molecule has 4 rings (SSSR count). The number of hydrogen-bond acceptors (Lipinski definition) is 3. The Hall–Kier alpha value is -3.93. The molecular formula is C27H30N6. The minimum absolute atomic E-state index is 0.339. The summed E-state index contributed by atoms with van der Waals surface area (Å²) in [6.07, 6.45) is 6.55. The minimum Gasteiger partial charge on any atom is -0.356 e. The number of aliphatic imine (C=N–C) groups is 1. The van der Waals surface area contributed by atoms with Gasteiger partial charge in [-0.1, -0.05) is 66.7 Å². The van der Waals surface area contributed by atoms with Gasteiger partial charge in [0.1, 0.15) is 11.6 Å². The van der Waals surface area contributed by atoms with Crippen LogP contribution in [0, 0.1) is 6.92 Å². The maximum absolute atomic E-state index is 4.57. The van der Waals surface area contributed by atoms with Crippen LogP contribution in [0.4, 0.5) is 0 Å². The normalized spacial score (nSPS) is 12.4. The molecule has 2 aromatic heterocycles. The second-order valence-electron chi connectivity index (χ2n) is 7.97. The molecular weight excluding hydrogens is 408 g/mol. The molecule has 0 aliphatic heterocycles. The summed E-state index contributed by atoms with van der Waals surface area (Å²) in [4.78, 5) is 13.2. The Morgan fingerprint density at radius 3 is 2.30 bits per heavy atom. The number of pyridine rings is 1. The van der Waals surface area contributed by atoms with Gasteiger partial charge in [0.25, 0.3) is 0 Å². The van der Waals surface area contributed by atoms with Crippen molar-refractivity contribution in [1.29, 1.82) is 0 Å². The first-order valence-electron chi connectivity index (χ1n) is 11.2. The third kappa shape index (κ3) is 6.07. The van der Waals surface area contributed by atoms with Gasteiger partial charge >= 0.3 is 0 Å². The zero-order valence-corrected chi connectivity index (χ0v) is 19.1. The highest BCUT2D eigenvalue weighted by Crippen LogP contribution is 2.20. The van der Waals surface area contributed by atoms with Crippen LogP contribution in [0.1, 0.15) is 28.4 Å². The summed E-state index contributed by atoms with van der Waals surface area (Å²) in [7, 11) is 1.80. The van der Waals surface area contributed by atoms with Crippen LogP contribution in [-0.2, 0) is 13.0 Å². The number of benzene rings is 2. The molecule has 6 heteroatoms. The number of nitrogens with zero attached hydrogens (tertiary/aromatic N) is 4. The summed E-state index contributed by atoms with van der Waals surface area (Å²) < 4.78 is 1.97. The smallest absolute Gasteiger partial charge is 0.191 e. The number of aromatic nitrogens is 3. The van der Waals surface area contributed by atoms with Crippen molar-refractivity contribution >= 4 is 5.96 Å². The molecule has 0 spiro atoms. The highest BCUT2D eigenvalue weighted by molar-refractivity contribution is 5.79. The van der Waals surface area contributed by atoms with E-state index in [1.54, 1.807) is 13.2 Å². The molecule has 6 nitrogen and oxygen atoms in total. The average Bonchev–Trinajstić information content (AvgIpc) is 3.30. The molecule has 0 aliphatic rings. The van der Waals surface area contributed by atoms with Crippen LogP contribution in [0.15, 0.2) is 96.4 Å². The van der Waals surface area contributed by atoms with Crippen molar-refractivity contribution < 1.29 is 0 Å². The standard InChI is InChI=1S/C27H30N6/c1-21-29-15-16-33(21)26-14-13-23(18-30-26)19-31-27(28-2)32-20-25(24-11-7-4-8-12-24)17-22-9-5-3-6-10-22/h3-16,18,25H,17,19-20H2,1-2H3,(H2,28,31,32). The van der Waals surface area contributed by atoms with E-state index < -0.39 is 0 Å². The van der Waals surface area contributed by atoms with E-state index in [2.05, 4.69) is 92.3 Å². The Morgan fingerprint density at radius 2 is 1.67 bits per heavy atom. The van der Waals surface area contributed by atoms with Gasteiger partial charge in [0.2, 0.25) is 0 Å². The van der Waals surface area contributed by atoms with Crippen LogP contribution >= 0.6 is 0 Å². The predicted octanol–water partition coefficient (Wildman–Crippen LogP) is 4.27. The van der Waals surface area contributed by atoms with E-state index in [9.17, 15) is 0 Å². The average molecular weight is 439 g/mol. The maximum atomic E-state index is 4.57. The largest absolute Gasteiger partial charge is 0.356 e. The van der Waals surface area contributed by atoms with Crippen LogP contribution in [-0.4, -0.2) is 34.1 Å². The van der Waals surface area contributed by atoms with Crippen LogP contribution in [0.5, 0.6) is 0 Å². The number of rotatable bonds is 8. The Morgan fingerprint density at radius 1 is 0.909 bits per heavy atom. The molecule has 1 unspecified atom stereocenters. The number of hydrogen-bond donors (Lipinski definition) is 2. The summed E-state index contributed by atoms with van der Waals surface area (Å²) in [5.41, 5.74) is 3.73. The van der Waals surface area contributed by atoms with Gasteiger partial charge in [-0.05, 0) is 36.1 Å². The quantitative estimate of drug-likeness (QED) is 0.319. The van der Waals surface area contributed by atoms with Gasteiger partial charge in [-0.3, -0.25) is 9.56 Å². The van der Waals surface area contributed by atoms with Crippen molar-refractivity contribution in [2.45, 2.75) is 25.8 Å². The topological polar surface area (TPSA) is 67.1 Å². The van der Waals surface area contributed by atoms with Gasteiger partial charge < -0.3 is 10.6 Å². The van der Waals surface area contributed by atoms with Crippen molar-refractivity contribution in [3.05, 3.63) is 114 Å². The van der Waals surface area contributed by atoms with Gasteiger partial charge in [0.15, 0.2) is 5.96 Å². The molecule has 0 radical (unpaired) electrons. The van der Waals surface area contributed by atoms with Crippen molar-refractivity contribution in [1.82, 2.24) is 25.2 Å². The lowest BCUT2D eigenvalue weighted by molar-refractivity contribution is 0.644. The van der Waals surface area contributed by atoms with E-state index in [0.29, 0.717) is 12.5 Å². The van der Waals surface area contributed by atoms with Crippen molar-refractivity contribution in [2.24, 2.45) is 4.99 Å². The van der Waals surface area contributed by atoms with Crippen molar-refractivity contribution in [3.8, 4) is 5.82 Å². The van der Waals surface area contributed by atoms with Crippen LogP contribution in [0.3, 0.4) is 0 Å². The Balaban J connectivity index is 1.36. The first-order chi connectivity index (χ1) is 16.2. The molecule has 33 heavy (non-hydrogen) atoms. The van der Waals surface area contributed by atoms with E-state index in [1.165, 1.54) is 11.1 Å². The third-order valence-corrected chi connectivity index (χ3v) is 5.68. The van der Waals surface area contributed by atoms with Crippen LogP contribution in [0.25, 0.3) is 5.82 Å². The van der Waals surface area contributed by atoms with Gasteiger partial charge in [-0.25, -0.2) is 9.97 Å². The second kappa shape index (κ2) is 11.1. The fourth-order valence-corrected chi connectivity index (χ4v) is 3.84. The molecule has 0 fully saturated rings. The van der Waals surface area contributed by atoms with Crippen molar-refractivity contribution in [3.63, 3.8) is 0 Å². The lowest BCUT2D eigenvalue weighted by Crippen LogP contribution is -2.39. The maximum Gasteiger partial charge on any atom is 0.191 e. The summed E-state index contributed by atoms with van der Waals surface area (Å²) in [6.45, 7) is 3.40.